The van der Waals surface area contributed by atoms with Crippen LogP contribution in [0.15, 0.2) is 42.5 Å². The van der Waals surface area contributed by atoms with E-state index in [4.69, 9.17) is 0 Å². The lowest BCUT2D eigenvalue weighted by Crippen LogP contribution is -2.27. The number of halogens is 5. The molecular weight excluding hydrogens is 317 g/mol. The number of hydrogen-bond donors (Lipinski definition) is 1. The maximum absolute atomic E-state index is 13.1. The summed E-state index contributed by atoms with van der Waals surface area (Å²) >= 11 is 0. The largest absolute Gasteiger partial charge is 0.416 e. The molecule has 0 radical (unpaired) electrons. The van der Waals surface area contributed by atoms with Crippen LogP contribution in [0.4, 0.5) is 22.0 Å². The Morgan fingerprint density at radius 1 is 1.04 bits per heavy atom. The highest BCUT2D eigenvalue weighted by Gasteiger charge is 2.30. The van der Waals surface area contributed by atoms with Gasteiger partial charge in [-0.2, -0.15) is 13.2 Å². The first-order valence-corrected chi connectivity index (χ1v) is 6.61. The van der Waals surface area contributed by atoms with Crippen LogP contribution in [0, 0.1) is 11.6 Å². The number of carbonyl (C=O) groups is 1. The van der Waals surface area contributed by atoms with Crippen molar-refractivity contribution >= 4 is 5.91 Å². The highest BCUT2D eigenvalue weighted by Crippen LogP contribution is 2.30. The molecule has 0 bridgehead atoms. The van der Waals surface area contributed by atoms with Gasteiger partial charge < -0.3 is 5.32 Å². The highest BCUT2D eigenvalue weighted by atomic mass is 19.4. The van der Waals surface area contributed by atoms with Crippen molar-refractivity contribution in [2.75, 3.05) is 0 Å². The monoisotopic (exact) mass is 329 g/mol. The predicted octanol–water partition coefficient (Wildman–Crippen LogP) is 4.47. The number of rotatable bonds is 3. The van der Waals surface area contributed by atoms with E-state index in [1.165, 1.54) is 19.1 Å². The number of nitrogens with one attached hydrogen (secondary N) is 1. The maximum atomic E-state index is 13.1. The average Bonchev–Trinajstić information content (AvgIpc) is 2.49. The van der Waals surface area contributed by atoms with Gasteiger partial charge in [0.25, 0.3) is 5.91 Å². The number of alkyl halides is 3. The molecule has 0 heterocycles. The van der Waals surface area contributed by atoms with Gasteiger partial charge in [0.15, 0.2) is 11.6 Å². The van der Waals surface area contributed by atoms with Crippen LogP contribution < -0.4 is 5.32 Å². The Morgan fingerprint density at radius 2 is 1.74 bits per heavy atom. The minimum atomic E-state index is -4.49. The van der Waals surface area contributed by atoms with Gasteiger partial charge in [0.05, 0.1) is 11.6 Å². The van der Waals surface area contributed by atoms with Crippen LogP contribution in [-0.2, 0) is 6.18 Å². The normalized spacial score (nSPS) is 12.8. The van der Waals surface area contributed by atoms with Crippen molar-refractivity contribution < 1.29 is 26.7 Å². The van der Waals surface area contributed by atoms with Crippen LogP contribution in [-0.4, -0.2) is 5.91 Å². The zero-order valence-corrected chi connectivity index (χ0v) is 11.9. The molecule has 1 atom stereocenters. The van der Waals surface area contributed by atoms with Crippen molar-refractivity contribution in [2.24, 2.45) is 0 Å². The molecule has 0 fully saturated rings. The second kappa shape index (κ2) is 6.36. The van der Waals surface area contributed by atoms with Crippen LogP contribution in [0.1, 0.15) is 34.5 Å². The topological polar surface area (TPSA) is 29.1 Å². The Balaban J connectivity index is 2.16. The first-order valence-electron chi connectivity index (χ1n) is 6.61. The Hall–Kier alpha value is -2.44. The van der Waals surface area contributed by atoms with Crippen molar-refractivity contribution in [1.29, 1.82) is 0 Å². The third-order valence-electron chi connectivity index (χ3n) is 3.24. The molecule has 0 aromatic heterocycles. The van der Waals surface area contributed by atoms with Gasteiger partial charge in [-0.3, -0.25) is 4.79 Å². The van der Waals surface area contributed by atoms with E-state index in [2.05, 4.69) is 5.32 Å². The highest BCUT2D eigenvalue weighted by molar-refractivity contribution is 5.94. The van der Waals surface area contributed by atoms with Crippen molar-refractivity contribution in [3.63, 3.8) is 0 Å². The van der Waals surface area contributed by atoms with E-state index < -0.39 is 35.3 Å². The first kappa shape index (κ1) is 16.9. The van der Waals surface area contributed by atoms with Crippen molar-refractivity contribution in [1.82, 2.24) is 5.32 Å². The SMILES string of the molecule is CC(NC(=O)c1ccc(F)c(F)c1)c1cccc(C(F)(F)F)c1. The predicted molar refractivity (Wildman–Crippen MR) is 73.7 cm³/mol. The third kappa shape index (κ3) is 4.06. The van der Waals surface area contributed by atoms with Gasteiger partial charge in [-0.1, -0.05) is 12.1 Å². The number of carbonyl (C=O) groups excluding carboxylic acids is 1. The molecule has 0 aliphatic carbocycles. The summed E-state index contributed by atoms with van der Waals surface area (Å²) in [6.07, 6.45) is -4.49. The van der Waals surface area contributed by atoms with E-state index in [1.807, 2.05) is 0 Å². The number of benzene rings is 2. The summed E-state index contributed by atoms with van der Waals surface area (Å²) in [7, 11) is 0. The van der Waals surface area contributed by atoms with E-state index in [-0.39, 0.29) is 11.1 Å². The fraction of sp³-hybridized carbons (Fsp3) is 0.188. The summed E-state index contributed by atoms with van der Waals surface area (Å²) in [5, 5.41) is 2.44. The lowest BCUT2D eigenvalue weighted by atomic mass is 10.0. The van der Waals surface area contributed by atoms with Crippen LogP contribution in [0.25, 0.3) is 0 Å². The first-order chi connectivity index (χ1) is 10.7. The van der Waals surface area contributed by atoms with Gasteiger partial charge in [0.1, 0.15) is 0 Å². The molecule has 0 saturated carbocycles. The summed E-state index contributed by atoms with van der Waals surface area (Å²) in [5.74, 6) is -2.98. The van der Waals surface area contributed by atoms with Crippen molar-refractivity contribution in [2.45, 2.75) is 19.1 Å². The molecule has 2 aromatic rings. The van der Waals surface area contributed by atoms with Gasteiger partial charge in [-0.25, -0.2) is 8.78 Å². The standard InChI is InChI=1S/C16H12F5NO/c1-9(10-3-2-4-12(7-10)16(19,20)21)22-15(23)11-5-6-13(17)14(18)8-11/h2-9H,1H3,(H,22,23). The molecule has 1 amide bonds. The molecule has 0 aliphatic heterocycles. The lowest BCUT2D eigenvalue weighted by molar-refractivity contribution is -0.137. The fourth-order valence-electron chi connectivity index (χ4n) is 1.99. The molecule has 23 heavy (non-hydrogen) atoms. The van der Waals surface area contributed by atoms with E-state index >= 15 is 0 Å². The minimum Gasteiger partial charge on any atom is -0.346 e. The number of amides is 1. The van der Waals surface area contributed by atoms with E-state index in [1.54, 1.807) is 0 Å². The zero-order chi connectivity index (χ0) is 17.2. The Bertz CT molecular complexity index is 727. The van der Waals surface area contributed by atoms with Gasteiger partial charge in [-0.15, -0.1) is 0 Å². The van der Waals surface area contributed by atoms with Crippen LogP contribution in [0.5, 0.6) is 0 Å². The molecule has 0 spiro atoms. The minimum absolute atomic E-state index is 0.122. The molecule has 2 nitrogen and oxygen atoms in total. The second-order valence-corrected chi connectivity index (χ2v) is 4.95. The fourth-order valence-corrected chi connectivity index (χ4v) is 1.99. The van der Waals surface area contributed by atoms with Gasteiger partial charge in [-0.05, 0) is 42.8 Å². The molecule has 122 valence electrons. The molecular formula is C16H12F5NO. The molecule has 0 saturated heterocycles. The molecule has 0 aliphatic rings. The molecule has 2 aromatic carbocycles. The van der Waals surface area contributed by atoms with E-state index in [0.29, 0.717) is 0 Å². The zero-order valence-electron chi connectivity index (χ0n) is 11.9. The Labute approximate surface area is 128 Å². The second-order valence-electron chi connectivity index (χ2n) is 4.95. The average molecular weight is 329 g/mol. The lowest BCUT2D eigenvalue weighted by Gasteiger charge is -2.16. The summed E-state index contributed by atoms with van der Waals surface area (Å²) in [5.41, 5.74) is -0.706. The molecule has 1 N–H and O–H groups in total. The summed E-state index contributed by atoms with van der Waals surface area (Å²) in [6.45, 7) is 1.49. The maximum Gasteiger partial charge on any atom is 0.416 e. The summed E-state index contributed by atoms with van der Waals surface area (Å²) in [6, 6.07) is 6.40. The van der Waals surface area contributed by atoms with Gasteiger partial charge in [0.2, 0.25) is 0 Å². The Kier molecular flexibility index (Phi) is 4.68. The van der Waals surface area contributed by atoms with Crippen LogP contribution in [0.3, 0.4) is 0 Å². The summed E-state index contributed by atoms with van der Waals surface area (Å²) < 4.78 is 64.0. The smallest absolute Gasteiger partial charge is 0.346 e. The molecule has 7 heteroatoms. The third-order valence-corrected chi connectivity index (χ3v) is 3.24. The van der Waals surface area contributed by atoms with Crippen molar-refractivity contribution in [3.8, 4) is 0 Å². The number of hydrogen-bond acceptors (Lipinski definition) is 1. The molecule has 2 rings (SSSR count). The quantitative estimate of drug-likeness (QED) is 0.827. The Morgan fingerprint density at radius 3 is 2.35 bits per heavy atom. The van der Waals surface area contributed by atoms with E-state index in [9.17, 15) is 26.7 Å². The van der Waals surface area contributed by atoms with E-state index in [0.717, 1.165) is 30.3 Å². The van der Waals surface area contributed by atoms with Crippen LogP contribution in [0.2, 0.25) is 0 Å². The summed E-state index contributed by atoms with van der Waals surface area (Å²) in [4.78, 5) is 12.0. The van der Waals surface area contributed by atoms with Gasteiger partial charge >= 0.3 is 6.18 Å². The van der Waals surface area contributed by atoms with Gasteiger partial charge in [0, 0.05) is 5.56 Å². The van der Waals surface area contributed by atoms with Crippen LogP contribution >= 0.6 is 0 Å². The molecule has 1 unspecified atom stereocenters. The van der Waals surface area contributed by atoms with Crippen molar-refractivity contribution in [3.05, 3.63) is 70.8 Å².